The van der Waals surface area contributed by atoms with Crippen LogP contribution < -0.4 is 4.90 Å². The minimum Gasteiger partial charge on any atom is -0.449 e. The monoisotopic (exact) mass is 567 g/mol. The molecule has 2 aromatic carbocycles. The lowest BCUT2D eigenvalue weighted by molar-refractivity contribution is -0.143. The van der Waals surface area contributed by atoms with Crippen molar-refractivity contribution >= 4 is 11.8 Å². The summed E-state index contributed by atoms with van der Waals surface area (Å²) >= 11 is 0. The van der Waals surface area contributed by atoms with Crippen LogP contribution >= 0.6 is 0 Å². The lowest BCUT2D eigenvalue weighted by Crippen LogP contribution is -2.47. The highest BCUT2D eigenvalue weighted by molar-refractivity contribution is 5.90. The molecular formula is C25H22F9N3O2. The summed E-state index contributed by atoms with van der Waals surface area (Å²) in [6.07, 6.45) is -14.1. The number of hydrogen-bond acceptors (Lipinski definition) is 4. The fourth-order valence-electron chi connectivity index (χ4n) is 4.51. The minimum absolute atomic E-state index is 0.00942. The van der Waals surface area contributed by atoms with Crippen LogP contribution in [0.3, 0.4) is 0 Å². The van der Waals surface area contributed by atoms with E-state index in [0.29, 0.717) is 12.1 Å². The summed E-state index contributed by atoms with van der Waals surface area (Å²) in [5.74, 6) is 0. The van der Waals surface area contributed by atoms with E-state index in [1.54, 1.807) is 13.1 Å². The molecular weight excluding hydrogens is 545 g/mol. The zero-order valence-electron chi connectivity index (χ0n) is 20.5. The molecule has 0 radical (unpaired) electrons. The average Bonchev–Trinajstić information content (AvgIpc) is 2.84. The first-order valence-corrected chi connectivity index (χ1v) is 11.6. The smallest absolute Gasteiger partial charge is 0.416 e. The predicted octanol–water partition coefficient (Wildman–Crippen LogP) is 7.91. The van der Waals surface area contributed by atoms with Crippen molar-refractivity contribution in [1.29, 1.82) is 5.26 Å². The Hall–Kier alpha value is -3.63. The van der Waals surface area contributed by atoms with Crippen LogP contribution in [-0.2, 0) is 29.8 Å². The third-order valence-corrected chi connectivity index (χ3v) is 6.27. The molecule has 0 unspecified atom stereocenters. The van der Waals surface area contributed by atoms with Crippen molar-refractivity contribution in [3.05, 3.63) is 64.2 Å². The number of benzene rings is 2. The second-order valence-electron chi connectivity index (χ2n) is 8.80. The Morgan fingerprint density at radius 2 is 1.51 bits per heavy atom. The number of carbonyl (C=O) groups is 1. The molecule has 2 atom stereocenters. The molecule has 0 N–H and O–H groups in total. The molecule has 1 aliphatic rings. The van der Waals surface area contributed by atoms with E-state index in [0.717, 1.165) is 28.0 Å². The van der Waals surface area contributed by atoms with E-state index in [1.165, 1.54) is 6.92 Å². The van der Waals surface area contributed by atoms with Crippen LogP contribution in [0.2, 0.25) is 0 Å². The Balaban J connectivity index is 2.15. The molecule has 5 nitrogen and oxygen atoms in total. The standard InChI is InChI=1S/C25H22F9N3O2/c1-3-18-11-21(19-10-15(23(26,27)28)5-6-20(19)37(18)22(38)39-4-2)36(13-35)12-14-7-16(24(29,30)31)9-17(8-14)25(32,33)34/h5-10,18,21H,3-4,11-12H2,1-2H3/t18-,21+/m1/s1. The molecule has 0 bridgehead atoms. The number of halogens is 9. The fourth-order valence-corrected chi connectivity index (χ4v) is 4.51. The van der Waals surface area contributed by atoms with Crippen LogP contribution in [0.1, 0.15) is 60.5 Å². The SMILES string of the molecule is CCOC(=O)N1c2ccc(C(F)(F)F)cc2[C@@H](N(C#N)Cc2cc(C(F)(F)F)cc(C(F)(F)F)c2)C[C@H]1CC. The van der Waals surface area contributed by atoms with Crippen LogP contribution in [0, 0.1) is 11.5 Å². The van der Waals surface area contributed by atoms with Crippen LogP contribution in [0.15, 0.2) is 36.4 Å². The van der Waals surface area contributed by atoms with E-state index < -0.39 is 65.5 Å². The Bertz CT molecular complexity index is 1220. The molecule has 0 aliphatic carbocycles. The molecule has 14 heteroatoms. The van der Waals surface area contributed by atoms with E-state index in [9.17, 15) is 49.6 Å². The van der Waals surface area contributed by atoms with Crippen molar-refractivity contribution in [2.75, 3.05) is 11.5 Å². The molecule has 0 saturated carbocycles. The first-order chi connectivity index (χ1) is 18.0. The van der Waals surface area contributed by atoms with Gasteiger partial charge in [-0.25, -0.2) is 4.79 Å². The number of fused-ring (bicyclic) bond motifs is 1. The van der Waals surface area contributed by atoms with Crippen molar-refractivity contribution in [3.8, 4) is 6.19 Å². The molecule has 1 amide bonds. The summed E-state index contributed by atoms with van der Waals surface area (Å²) in [5.41, 5.74) is -4.96. The van der Waals surface area contributed by atoms with Gasteiger partial charge < -0.3 is 4.74 Å². The third kappa shape index (κ3) is 6.51. The van der Waals surface area contributed by atoms with Gasteiger partial charge in [0.05, 0.1) is 41.6 Å². The molecule has 0 spiro atoms. The van der Waals surface area contributed by atoms with Gasteiger partial charge in [0.15, 0.2) is 6.19 Å². The van der Waals surface area contributed by atoms with E-state index in [1.807, 2.05) is 0 Å². The Kier molecular flexibility index (Phi) is 8.33. The normalized spacial score (nSPS) is 17.8. The van der Waals surface area contributed by atoms with Gasteiger partial charge in [0.1, 0.15) is 0 Å². The van der Waals surface area contributed by atoms with Crippen LogP contribution in [0.4, 0.5) is 50.0 Å². The molecule has 39 heavy (non-hydrogen) atoms. The van der Waals surface area contributed by atoms with E-state index in [4.69, 9.17) is 4.74 Å². The molecule has 3 rings (SSSR count). The molecule has 0 saturated heterocycles. The predicted molar refractivity (Wildman–Crippen MR) is 120 cm³/mol. The van der Waals surface area contributed by atoms with Crippen molar-refractivity contribution < 1.29 is 49.0 Å². The number of rotatable bonds is 5. The highest BCUT2D eigenvalue weighted by Crippen LogP contribution is 2.45. The van der Waals surface area contributed by atoms with E-state index >= 15 is 0 Å². The van der Waals surface area contributed by atoms with Gasteiger partial charge in [0, 0.05) is 6.04 Å². The van der Waals surface area contributed by atoms with Gasteiger partial charge in [-0.05, 0) is 67.3 Å². The first kappa shape index (κ1) is 29.9. The maximum absolute atomic E-state index is 13.5. The number of ether oxygens (including phenoxy) is 1. The van der Waals surface area contributed by atoms with Gasteiger partial charge in [-0.1, -0.05) is 6.92 Å². The average molecular weight is 567 g/mol. The molecule has 212 valence electrons. The molecule has 1 heterocycles. The summed E-state index contributed by atoms with van der Waals surface area (Å²) in [6, 6.07) is 1.44. The number of anilines is 1. The summed E-state index contributed by atoms with van der Waals surface area (Å²) in [7, 11) is 0. The fraction of sp³-hybridized carbons (Fsp3) is 0.440. The van der Waals surface area contributed by atoms with Crippen LogP contribution in [-0.4, -0.2) is 23.6 Å². The number of hydrogen-bond donors (Lipinski definition) is 0. The highest BCUT2D eigenvalue weighted by atomic mass is 19.4. The summed E-state index contributed by atoms with van der Waals surface area (Å²) in [6.45, 7) is 2.40. The van der Waals surface area contributed by atoms with E-state index in [2.05, 4.69) is 0 Å². The second kappa shape index (κ2) is 10.9. The van der Waals surface area contributed by atoms with Crippen molar-refractivity contribution in [2.45, 2.75) is 63.8 Å². The van der Waals surface area contributed by atoms with Gasteiger partial charge in [0.2, 0.25) is 0 Å². The van der Waals surface area contributed by atoms with Crippen molar-refractivity contribution in [1.82, 2.24) is 4.90 Å². The Labute approximate surface area is 217 Å². The van der Waals surface area contributed by atoms with Crippen LogP contribution in [0.5, 0.6) is 0 Å². The Morgan fingerprint density at radius 3 is 1.97 bits per heavy atom. The van der Waals surface area contributed by atoms with Gasteiger partial charge in [0.25, 0.3) is 0 Å². The topological polar surface area (TPSA) is 56.6 Å². The maximum Gasteiger partial charge on any atom is 0.416 e. The van der Waals surface area contributed by atoms with Gasteiger partial charge in [-0.2, -0.15) is 44.8 Å². The Morgan fingerprint density at radius 1 is 0.949 bits per heavy atom. The number of nitrogens with zero attached hydrogens (tertiary/aromatic N) is 3. The van der Waals surface area contributed by atoms with Crippen molar-refractivity contribution in [3.63, 3.8) is 0 Å². The molecule has 1 aliphatic heterocycles. The van der Waals surface area contributed by atoms with Crippen molar-refractivity contribution in [2.24, 2.45) is 0 Å². The largest absolute Gasteiger partial charge is 0.449 e. The number of carbonyl (C=O) groups excluding carboxylic acids is 1. The summed E-state index contributed by atoms with van der Waals surface area (Å²) < 4.78 is 126. The third-order valence-electron chi connectivity index (χ3n) is 6.27. The summed E-state index contributed by atoms with van der Waals surface area (Å²) in [5, 5.41) is 9.87. The lowest BCUT2D eigenvalue weighted by atomic mass is 9.87. The number of alkyl halides is 9. The van der Waals surface area contributed by atoms with E-state index in [-0.39, 0.29) is 36.8 Å². The number of amides is 1. The highest BCUT2D eigenvalue weighted by Gasteiger charge is 2.42. The molecule has 0 aromatic heterocycles. The summed E-state index contributed by atoms with van der Waals surface area (Å²) in [4.78, 5) is 14.7. The lowest BCUT2D eigenvalue weighted by Gasteiger charge is -2.42. The quantitative estimate of drug-likeness (QED) is 0.209. The minimum atomic E-state index is -5.13. The number of nitriles is 1. The maximum atomic E-state index is 13.5. The zero-order chi connectivity index (χ0) is 29.3. The molecule has 0 fully saturated rings. The molecule has 2 aromatic rings. The van der Waals surface area contributed by atoms with Gasteiger partial charge in [-0.3, -0.25) is 9.80 Å². The van der Waals surface area contributed by atoms with Gasteiger partial charge >= 0.3 is 24.6 Å². The van der Waals surface area contributed by atoms with Gasteiger partial charge in [-0.15, -0.1) is 0 Å². The second-order valence-corrected chi connectivity index (χ2v) is 8.80. The van der Waals surface area contributed by atoms with Crippen LogP contribution in [0.25, 0.3) is 0 Å². The zero-order valence-corrected chi connectivity index (χ0v) is 20.5. The first-order valence-electron chi connectivity index (χ1n) is 11.6.